The number of hydrogen-bond acceptors (Lipinski definition) is 7. The maximum absolute atomic E-state index is 13.0. The molecule has 2 aliphatic rings. The van der Waals surface area contributed by atoms with Gasteiger partial charge in [0.1, 0.15) is 23.2 Å². The first-order valence-electron chi connectivity index (χ1n) is 14.2. The standard InChI is InChI=1S/C32H38F2N4O4/c1-30(2,3)42-29(39)35-24-16-27(17-24)40-25-11-6-21(7-12-25)31(4,5)22-8-13-26(14-9-22)41-28-15-10-23(36-37-28)18-38-19-32(33,34)20-38/h6-15,24,27H,16-20H2,1-5H3,(H,35,39). The maximum atomic E-state index is 13.0. The Kier molecular flexibility index (Phi) is 8.11. The Bertz CT molecular complexity index is 1360. The molecule has 2 aromatic carbocycles. The first-order chi connectivity index (χ1) is 19.7. The molecule has 1 aliphatic carbocycles. The van der Waals surface area contributed by atoms with Gasteiger partial charge in [-0.1, -0.05) is 38.1 Å². The van der Waals surface area contributed by atoms with Gasteiger partial charge in [-0.15, -0.1) is 5.10 Å². The molecule has 1 aliphatic heterocycles. The van der Waals surface area contributed by atoms with Gasteiger partial charge >= 0.3 is 6.09 Å². The van der Waals surface area contributed by atoms with Gasteiger partial charge in [-0.05, 0) is 62.2 Å². The normalized spacial score (nSPS) is 20.2. The molecule has 1 amide bonds. The van der Waals surface area contributed by atoms with Gasteiger partial charge in [0.05, 0.1) is 18.8 Å². The first kappa shape index (κ1) is 29.7. The lowest BCUT2D eigenvalue weighted by Gasteiger charge is -2.38. The fraction of sp³-hybridized carbons (Fsp3) is 0.469. The van der Waals surface area contributed by atoms with E-state index in [1.807, 2.05) is 57.2 Å². The van der Waals surface area contributed by atoms with Gasteiger partial charge in [0.25, 0.3) is 5.92 Å². The van der Waals surface area contributed by atoms with Gasteiger partial charge in [-0.3, -0.25) is 4.90 Å². The van der Waals surface area contributed by atoms with Crippen molar-refractivity contribution >= 4 is 6.09 Å². The molecule has 0 spiro atoms. The fourth-order valence-electron chi connectivity index (χ4n) is 5.06. The van der Waals surface area contributed by atoms with Crippen LogP contribution in [0.1, 0.15) is 64.3 Å². The average Bonchev–Trinajstić information content (AvgIpc) is 2.87. The fourth-order valence-corrected chi connectivity index (χ4v) is 5.06. The summed E-state index contributed by atoms with van der Waals surface area (Å²) in [7, 11) is 0. The molecule has 0 unspecified atom stereocenters. The summed E-state index contributed by atoms with van der Waals surface area (Å²) in [6.45, 7) is 9.71. The molecule has 1 aromatic heterocycles. The van der Waals surface area contributed by atoms with Crippen molar-refractivity contribution in [1.29, 1.82) is 0 Å². The van der Waals surface area contributed by atoms with Crippen molar-refractivity contribution in [2.24, 2.45) is 0 Å². The summed E-state index contributed by atoms with van der Waals surface area (Å²) in [4.78, 5) is 13.6. The maximum Gasteiger partial charge on any atom is 0.407 e. The van der Waals surface area contributed by atoms with Crippen LogP contribution in [0, 0.1) is 0 Å². The van der Waals surface area contributed by atoms with Crippen molar-refractivity contribution in [3.63, 3.8) is 0 Å². The smallest absolute Gasteiger partial charge is 0.407 e. The molecule has 10 heteroatoms. The van der Waals surface area contributed by atoms with Crippen molar-refractivity contribution < 1.29 is 27.8 Å². The second-order valence-corrected chi connectivity index (χ2v) is 12.7. The lowest BCUT2D eigenvalue weighted by atomic mass is 9.78. The second kappa shape index (κ2) is 11.5. The molecule has 8 nitrogen and oxygen atoms in total. The van der Waals surface area contributed by atoms with E-state index in [2.05, 4.69) is 41.5 Å². The molecule has 0 atom stereocenters. The molecular weight excluding hydrogens is 542 g/mol. The number of carbonyl (C=O) groups is 1. The number of likely N-dealkylation sites (tertiary alicyclic amines) is 1. The molecule has 1 N–H and O–H groups in total. The molecule has 5 rings (SSSR count). The van der Waals surface area contributed by atoms with Crippen LogP contribution >= 0.6 is 0 Å². The van der Waals surface area contributed by atoms with E-state index in [0.717, 1.165) is 29.7 Å². The summed E-state index contributed by atoms with van der Waals surface area (Å²) in [6, 6.07) is 19.5. The number of ether oxygens (including phenoxy) is 3. The number of alkyl halides is 2. The number of aromatic nitrogens is 2. The van der Waals surface area contributed by atoms with Crippen LogP contribution in [-0.2, 0) is 16.7 Å². The zero-order valence-electron chi connectivity index (χ0n) is 24.7. The van der Waals surface area contributed by atoms with Crippen LogP contribution in [0.25, 0.3) is 0 Å². The third-order valence-corrected chi connectivity index (χ3v) is 7.48. The minimum Gasteiger partial charge on any atom is -0.490 e. The highest BCUT2D eigenvalue weighted by Gasteiger charge is 2.43. The number of amides is 1. The van der Waals surface area contributed by atoms with Crippen molar-refractivity contribution in [3.05, 3.63) is 77.5 Å². The Hall–Kier alpha value is -3.79. The van der Waals surface area contributed by atoms with Crippen molar-refractivity contribution in [2.45, 2.75) is 83.1 Å². The molecule has 42 heavy (non-hydrogen) atoms. The van der Waals surface area contributed by atoms with E-state index in [1.54, 1.807) is 17.0 Å². The Morgan fingerprint density at radius 2 is 1.50 bits per heavy atom. The number of hydrogen-bond donors (Lipinski definition) is 1. The lowest BCUT2D eigenvalue weighted by Crippen LogP contribution is -2.55. The van der Waals surface area contributed by atoms with E-state index in [-0.39, 0.29) is 30.7 Å². The van der Waals surface area contributed by atoms with Crippen molar-refractivity contribution in [3.8, 4) is 17.4 Å². The predicted molar refractivity (Wildman–Crippen MR) is 154 cm³/mol. The van der Waals surface area contributed by atoms with E-state index < -0.39 is 17.6 Å². The Balaban J connectivity index is 1.10. The Labute approximate surface area is 245 Å². The monoisotopic (exact) mass is 580 g/mol. The van der Waals surface area contributed by atoms with Crippen LogP contribution in [0.3, 0.4) is 0 Å². The molecule has 2 heterocycles. The van der Waals surface area contributed by atoms with Gasteiger partial charge in [0.15, 0.2) is 0 Å². The summed E-state index contributed by atoms with van der Waals surface area (Å²) in [6.07, 6.45) is 1.16. The molecule has 0 radical (unpaired) electrons. The molecule has 224 valence electrons. The largest absolute Gasteiger partial charge is 0.490 e. The van der Waals surface area contributed by atoms with Gasteiger partial charge < -0.3 is 19.5 Å². The van der Waals surface area contributed by atoms with Crippen LogP contribution in [0.15, 0.2) is 60.7 Å². The zero-order valence-corrected chi connectivity index (χ0v) is 24.7. The second-order valence-electron chi connectivity index (χ2n) is 12.7. The van der Waals surface area contributed by atoms with E-state index in [0.29, 0.717) is 23.9 Å². The lowest BCUT2D eigenvalue weighted by molar-refractivity contribution is -0.134. The molecular formula is C32H38F2N4O4. The number of rotatable bonds is 9. The van der Waals surface area contributed by atoms with Gasteiger partial charge in [-0.2, -0.15) is 5.10 Å². The Morgan fingerprint density at radius 1 is 0.905 bits per heavy atom. The summed E-state index contributed by atoms with van der Waals surface area (Å²) in [5, 5.41) is 11.1. The van der Waals surface area contributed by atoms with Crippen LogP contribution in [0.5, 0.6) is 17.4 Å². The molecule has 1 saturated heterocycles. The van der Waals surface area contributed by atoms with E-state index in [1.165, 1.54) is 0 Å². The highest BCUT2D eigenvalue weighted by atomic mass is 19.3. The molecule has 1 saturated carbocycles. The number of alkyl carbamates (subject to hydrolysis) is 1. The summed E-state index contributed by atoms with van der Waals surface area (Å²) >= 11 is 0. The van der Waals surface area contributed by atoms with Crippen LogP contribution in [-0.4, -0.2) is 57.9 Å². The number of benzene rings is 2. The van der Waals surface area contributed by atoms with Crippen LogP contribution in [0.2, 0.25) is 0 Å². The predicted octanol–water partition coefficient (Wildman–Crippen LogP) is 6.48. The number of carbonyl (C=O) groups excluding carboxylic acids is 1. The van der Waals surface area contributed by atoms with E-state index in [9.17, 15) is 13.6 Å². The minimum atomic E-state index is -2.60. The van der Waals surface area contributed by atoms with Crippen molar-refractivity contribution in [2.75, 3.05) is 13.1 Å². The zero-order chi connectivity index (χ0) is 30.1. The third kappa shape index (κ3) is 7.53. The number of halogens is 2. The highest BCUT2D eigenvalue weighted by Crippen LogP contribution is 2.35. The molecule has 3 aromatic rings. The SMILES string of the molecule is CC(C)(C)OC(=O)NC1CC(Oc2ccc(C(C)(C)c3ccc(Oc4ccc(CN5CC(F)(F)C5)nn4)cc3)cc2)C1. The molecule has 2 fully saturated rings. The van der Waals surface area contributed by atoms with Gasteiger partial charge in [0, 0.05) is 36.9 Å². The highest BCUT2D eigenvalue weighted by molar-refractivity contribution is 5.68. The van der Waals surface area contributed by atoms with Gasteiger partial charge in [-0.25, -0.2) is 13.6 Å². The third-order valence-electron chi connectivity index (χ3n) is 7.48. The topological polar surface area (TPSA) is 85.8 Å². The quantitative estimate of drug-likeness (QED) is 0.310. The van der Waals surface area contributed by atoms with Crippen LogP contribution in [0.4, 0.5) is 13.6 Å². The summed E-state index contributed by atoms with van der Waals surface area (Å²) in [5.41, 5.74) is 2.11. The summed E-state index contributed by atoms with van der Waals surface area (Å²) in [5.74, 6) is -0.829. The Morgan fingerprint density at radius 3 is 2.02 bits per heavy atom. The number of nitrogens with one attached hydrogen (secondary N) is 1. The summed E-state index contributed by atoms with van der Waals surface area (Å²) < 4.78 is 43.3. The van der Waals surface area contributed by atoms with E-state index in [4.69, 9.17) is 14.2 Å². The minimum absolute atomic E-state index is 0.0609. The van der Waals surface area contributed by atoms with Crippen molar-refractivity contribution in [1.82, 2.24) is 20.4 Å². The first-order valence-corrected chi connectivity index (χ1v) is 14.2. The van der Waals surface area contributed by atoms with Gasteiger partial charge in [0.2, 0.25) is 5.88 Å². The van der Waals surface area contributed by atoms with Crippen LogP contribution < -0.4 is 14.8 Å². The van der Waals surface area contributed by atoms with E-state index >= 15 is 0 Å². The average molecular weight is 581 g/mol. The number of nitrogens with zero attached hydrogens (tertiary/aromatic N) is 3. The molecule has 0 bridgehead atoms.